The van der Waals surface area contributed by atoms with Gasteiger partial charge < -0.3 is 0 Å². The molecule has 1 aromatic carbocycles. The molecular formula is C15H19F3O. The molecule has 1 rings (SSSR count). The quantitative estimate of drug-likeness (QED) is 0.721. The number of hydrogen-bond acceptors (Lipinski definition) is 1. The first-order chi connectivity index (χ1) is 8.82. The van der Waals surface area contributed by atoms with Crippen LogP contribution in [0, 0.1) is 0 Å². The number of alkyl halides is 3. The van der Waals surface area contributed by atoms with Crippen LogP contribution >= 0.6 is 0 Å². The normalized spacial score (nSPS) is 11.7. The van der Waals surface area contributed by atoms with Crippen molar-refractivity contribution in [3.05, 3.63) is 34.4 Å². The van der Waals surface area contributed by atoms with Crippen molar-refractivity contribution in [3.63, 3.8) is 0 Å². The molecule has 0 fully saturated rings. The molecule has 0 spiro atoms. The van der Waals surface area contributed by atoms with E-state index in [9.17, 15) is 18.0 Å². The van der Waals surface area contributed by atoms with E-state index in [4.69, 9.17) is 0 Å². The molecule has 0 aliphatic heterocycles. The Morgan fingerprint density at radius 1 is 1.00 bits per heavy atom. The van der Waals surface area contributed by atoms with Gasteiger partial charge >= 0.3 is 6.18 Å². The molecule has 0 amide bonds. The molecule has 0 saturated carbocycles. The first-order valence-corrected chi connectivity index (χ1v) is 6.56. The van der Waals surface area contributed by atoms with E-state index in [-0.39, 0.29) is 5.56 Å². The first-order valence-electron chi connectivity index (χ1n) is 6.56. The van der Waals surface area contributed by atoms with Crippen LogP contribution in [0.25, 0.3) is 0 Å². The van der Waals surface area contributed by atoms with E-state index in [0.717, 1.165) is 23.1 Å². The van der Waals surface area contributed by atoms with Gasteiger partial charge in [-0.3, -0.25) is 4.79 Å². The molecule has 0 saturated heterocycles. The van der Waals surface area contributed by atoms with E-state index in [2.05, 4.69) is 0 Å². The number of carbonyl (C=O) groups is 1. The van der Waals surface area contributed by atoms with Crippen LogP contribution in [0.5, 0.6) is 0 Å². The molecule has 0 aliphatic carbocycles. The Bertz CT molecular complexity index is 436. The molecule has 0 unspecified atom stereocenters. The van der Waals surface area contributed by atoms with Crippen LogP contribution in [-0.2, 0) is 19.3 Å². The third-order valence-electron chi connectivity index (χ3n) is 3.17. The van der Waals surface area contributed by atoms with E-state index in [1.165, 1.54) is 0 Å². The van der Waals surface area contributed by atoms with Crippen LogP contribution in [0.1, 0.15) is 54.2 Å². The Balaban J connectivity index is 3.28. The minimum absolute atomic E-state index is 0.277. The molecule has 4 heteroatoms. The predicted molar refractivity (Wildman–Crippen MR) is 69.6 cm³/mol. The van der Waals surface area contributed by atoms with Crippen LogP contribution in [0.15, 0.2) is 12.1 Å². The lowest BCUT2D eigenvalue weighted by molar-refractivity contribution is -0.125. The second kappa shape index (κ2) is 6.22. The van der Waals surface area contributed by atoms with E-state index in [1.54, 1.807) is 0 Å². The van der Waals surface area contributed by atoms with Crippen molar-refractivity contribution in [2.24, 2.45) is 0 Å². The van der Waals surface area contributed by atoms with Crippen LogP contribution in [-0.4, -0.2) is 12.0 Å². The van der Waals surface area contributed by atoms with Crippen LogP contribution < -0.4 is 0 Å². The van der Waals surface area contributed by atoms with Crippen molar-refractivity contribution in [2.45, 2.75) is 52.6 Å². The molecule has 0 aromatic heterocycles. The summed E-state index contributed by atoms with van der Waals surface area (Å²) in [6, 6.07) is 3.70. The van der Waals surface area contributed by atoms with Gasteiger partial charge in [-0.15, -0.1) is 0 Å². The summed E-state index contributed by atoms with van der Waals surface area (Å²) in [4.78, 5) is 11.9. The zero-order chi connectivity index (χ0) is 14.6. The summed E-state index contributed by atoms with van der Waals surface area (Å²) >= 11 is 0. The van der Waals surface area contributed by atoms with Crippen molar-refractivity contribution in [1.29, 1.82) is 0 Å². The fraction of sp³-hybridized carbons (Fsp3) is 0.533. The van der Waals surface area contributed by atoms with E-state index in [0.29, 0.717) is 12.8 Å². The summed E-state index contributed by atoms with van der Waals surface area (Å²) in [7, 11) is 0. The smallest absolute Gasteiger partial charge is 0.294 e. The maximum Gasteiger partial charge on any atom is 0.396 e. The summed E-state index contributed by atoms with van der Waals surface area (Å²) in [5.41, 5.74) is 2.80. The molecule has 0 atom stereocenters. The van der Waals surface area contributed by atoms with Gasteiger partial charge in [0.05, 0.1) is 0 Å². The van der Waals surface area contributed by atoms with Gasteiger partial charge in [0.15, 0.2) is 5.78 Å². The molecule has 106 valence electrons. The lowest BCUT2D eigenvalue weighted by atomic mass is 9.90. The summed E-state index contributed by atoms with van der Waals surface area (Å²) in [5, 5.41) is 0. The summed E-state index contributed by atoms with van der Waals surface area (Å²) in [6.07, 6.45) is -3.87. The predicted octanol–water partition coefficient (Wildman–Crippen LogP) is 4.51. The lowest BCUT2D eigenvalue weighted by Gasteiger charge is -2.15. The third kappa shape index (κ3) is 4.08. The molecule has 0 radical (unpaired) electrons. The number of aryl methyl sites for hydroxylation is 3. The maximum absolute atomic E-state index is 12.4. The molecule has 0 heterocycles. The van der Waals surface area contributed by atoms with Crippen molar-refractivity contribution in [2.75, 3.05) is 0 Å². The highest BCUT2D eigenvalue weighted by atomic mass is 19.4. The average Bonchev–Trinajstić information content (AvgIpc) is 2.34. The van der Waals surface area contributed by atoms with Gasteiger partial charge in [-0.1, -0.05) is 32.9 Å². The Hall–Kier alpha value is -1.32. The van der Waals surface area contributed by atoms with E-state index in [1.807, 2.05) is 32.9 Å². The second-order valence-electron chi connectivity index (χ2n) is 4.56. The molecular weight excluding hydrogens is 253 g/mol. The first kappa shape index (κ1) is 15.7. The van der Waals surface area contributed by atoms with Gasteiger partial charge in [-0.25, -0.2) is 0 Å². The monoisotopic (exact) mass is 272 g/mol. The summed E-state index contributed by atoms with van der Waals surface area (Å²) in [5.74, 6) is -0.816. The fourth-order valence-electron chi connectivity index (χ4n) is 2.23. The number of ketones is 1. The highest BCUT2D eigenvalue weighted by molar-refractivity contribution is 5.99. The molecule has 1 aromatic rings. The molecule has 0 N–H and O–H groups in total. The van der Waals surface area contributed by atoms with Gasteiger partial charge in [0, 0.05) is 5.56 Å². The fourth-order valence-corrected chi connectivity index (χ4v) is 2.23. The molecule has 1 nitrogen and oxygen atoms in total. The van der Waals surface area contributed by atoms with Crippen molar-refractivity contribution in [1.82, 2.24) is 0 Å². The van der Waals surface area contributed by atoms with Crippen LogP contribution in [0.4, 0.5) is 13.2 Å². The number of benzene rings is 1. The molecule has 0 bridgehead atoms. The van der Waals surface area contributed by atoms with Crippen molar-refractivity contribution in [3.8, 4) is 0 Å². The number of carbonyl (C=O) groups excluding carboxylic acids is 1. The van der Waals surface area contributed by atoms with Crippen LogP contribution in [0.2, 0.25) is 0 Å². The lowest BCUT2D eigenvalue weighted by Crippen LogP contribution is -2.18. The molecule has 19 heavy (non-hydrogen) atoms. The van der Waals surface area contributed by atoms with Gasteiger partial charge in [0.2, 0.25) is 0 Å². The minimum Gasteiger partial charge on any atom is -0.294 e. The SMILES string of the molecule is CCc1cc(CC)c(C(=O)CC(F)(F)F)c(CC)c1. The second-order valence-corrected chi connectivity index (χ2v) is 4.56. The third-order valence-corrected chi connectivity index (χ3v) is 3.17. The number of Topliss-reactive ketones (excluding diaryl/α,β-unsaturated/α-hetero) is 1. The Morgan fingerprint density at radius 3 is 1.79 bits per heavy atom. The standard InChI is InChI=1S/C15H19F3O/c1-4-10-7-11(5-2)14(12(6-3)8-10)13(19)9-15(16,17)18/h7-8H,4-6,9H2,1-3H3. The topological polar surface area (TPSA) is 17.1 Å². The Morgan fingerprint density at radius 2 is 1.47 bits per heavy atom. The van der Waals surface area contributed by atoms with Crippen LogP contribution in [0.3, 0.4) is 0 Å². The van der Waals surface area contributed by atoms with Crippen molar-refractivity contribution < 1.29 is 18.0 Å². The number of rotatable bonds is 5. The van der Waals surface area contributed by atoms with Crippen molar-refractivity contribution >= 4 is 5.78 Å². The zero-order valence-corrected chi connectivity index (χ0v) is 11.5. The van der Waals surface area contributed by atoms with E-state index < -0.39 is 18.4 Å². The highest BCUT2D eigenvalue weighted by Crippen LogP contribution is 2.27. The van der Waals surface area contributed by atoms with E-state index >= 15 is 0 Å². The maximum atomic E-state index is 12.4. The summed E-state index contributed by atoms with van der Waals surface area (Å²) < 4.78 is 37.2. The molecule has 0 aliphatic rings. The Kier molecular flexibility index (Phi) is 5.15. The van der Waals surface area contributed by atoms with Gasteiger partial charge in [-0.2, -0.15) is 13.2 Å². The minimum atomic E-state index is -4.45. The average molecular weight is 272 g/mol. The summed E-state index contributed by atoms with van der Waals surface area (Å²) in [6.45, 7) is 5.71. The highest BCUT2D eigenvalue weighted by Gasteiger charge is 2.33. The zero-order valence-electron chi connectivity index (χ0n) is 11.5. The number of halogens is 3. The van der Waals surface area contributed by atoms with Gasteiger partial charge in [-0.05, 0) is 36.0 Å². The largest absolute Gasteiger partial charge is 0.396 e. The van der Waals surface area contributed by atoms with Gasteiger partial charge in [0.1, 0.15) is 6.42 Å². The Labute approximate surface area is 111 Å². The van der Waals surface area contributed by atoms with Gasteiger partial charge in [0.25, 0.3) is 0 Å². The number of hydrogen-bond donors (Lipinski definition) is 0.